The summed E-state index contributed by atoms with van der Waals surface area (Å²) in [6, 6.07) is 0. The highest BCUT2D eigenvalue weighted by Crippen LogP contribution is 2.71. The molecule has 0 aromatic heterocycles. The van der Waals surface area contributed by atoms with Crippen molar-refractivity contribution in [3.8, 4) is 0 Å². The molecule has 4 saturated carbocycles. The first-order chi connectivity index (χ1) is 12.7. The zero-order valence-corrected chi connectivity index (χ0v) is 18.0. The van der Waals surface area contributed by atoms with E-state index in [1.54, 1.807) is 0 Å². The number of carbonyl (C=O) groups excluding carboxylic acids is 1. The Labute approximate surface area is 164 Å². The summed E-state index contributed by atoms with van der Waals surface area (Å²) >= 11 is 0. The van der Waals surface area contributed by atoms with Crippen LogP contribution in [0, 0.1) is 34.5 Å². The van der Waals surface area contributed by atoms with Crippen molar-refractivity contribution >= 4 is 5.78 Å². The number of Topliss-reactive ketones (excluding diaryl/α,β-unsaturated/α-hetero) is 1. The van der Waals surface area contributed by atoms with E-state index in [0.29, 0.717) is 23.0 Å². The average Bonchev–Trinajstić information content (AvgIpc) is 3.01. The van der Waals surface area contributed by atoms with E-state index < -0.39 is 5.79 Å². The predicted molar refractivity (Wildman–Crippen MR) is 105 cm³/mol. The molecule has 0 N–H and O–H groups in total. The molecule has 3 heteroatoms. The molecule has 5 fully saturated rings. The summed E-state index contributed by atoms with van der Waals surface area (Å²) in [5.41, 5.74) is 0.512. The molecule has 0 spiro atoms. The number of carbonyl (C=O) groups is 1. The van der Waals surface area contributed by atoms with E-state index in [1.165, 1.54) is 32.1 Å². The molecule has 1 heterocycles. The summed E-state index contributed by atoms with van der Waals surface area (Å²) in [7, 11) is 0. The number of rotatable bonds is 1. The van der Waals surface area contributed by atoms with Crippen LogP contribution in [-0.4, -0.2) is 23.3 Å². The normalized spacial score (nSPS) is 56.2. The van der Waals surface area contributed by atoms with Crippen LogP contribution in [0.15, 0.2) is 0 Å². The molecule has 1 saturated heterocycles. The van der Waals surface area contributed by atoms with Crippen LogP contribution in [0.25, 0.3) is 0 Å². The minimum absolute atomic E-state index is 0.105. The molecule has 8 atom stereocenters. The monoisotopic (exact) mass is 374 g/mol. The second kappa shape index (κ2) is 5.59. The lowest BCUT2D eigenvalue weighted by Gasteiger charge is -2.61. The summed E-state index contributed by atoms with van der Waals surface area (Å²) in [6.45, 7) is 11.6. The fourth-order valence-electron chi connectivity index (χ4n) is 8.95. The highest BCUT2D eigenvalue weighted by molar-refractivity contribution is 5.79. The van der Waals surface area contributed by atoms with Gasteiger partial charge < -0.3 is 9.47 Å². The van der Waals surface area contributed by atoms with E-state index >= 15 is 0 Å². The minimum Gasteiger partial charge on any atom is -0.344 e. The number of hydrogen-bond donors (Lipinski definition) is 0. The van der Waals surface area contributed by atoms with E-state index in [9.17, 15) is 4.79 Å². The molecule has 5 rings (SSSR count). The third kappa shape index (κ3) is 2.25. The molecule has 152 valence electrons. The van der Waals surface area contributed by atoms with Crippen LogP contribution in [0.1, 0.15) is 92.4 Å². The molecule has 1 aliphatic heterocycles. The fourth-order valence-corrected chi connectivity index (χ4v) is 8.95. The number of ether oxygens (including phenoxy) is 2. The topological polar surface area (TPSA) is 35.5 Å². The summed E-state index contributed by atoms with van der Waals surface area (Å²) in [5.74, 6) is 3.01. The molecule has 27 heavy (non-hydrogen) atoms. The minimum atomic E-state index is -0.446. The van der Waals surface area contributed by atoms with E-state index in [2.05, 4.69) is 34.6 Å². The van der Waals surface area contributed by atoms with Crippen LogP contribution in [-0.2, 0) is 14.3 Å². The lowest BCUT2D eigenvalue weighted by atomic mass is 9.44. The van der Waals surface area contributed by atoms with Gasteiger partial charge in [-0.3, -0.25) is 4.79 Å². The maximum Gasteiger partial charge on any atom is 0.164 e. The Hall–Kier alpha value is -0.410. The summed E-state index contributed by atoms with van der Waals surface area (Å²) in [6.07, 6.45) is 10.4. The van der Waals surface area contributed by atoms with Gasteiger partial charge in [0.15, 0.2) is 5.79 Å². The highest BCUT2D eigenvalue weighted by Gasteiger charge is 2.72. The Morgan fingerprint density at radius 3 is 2.56 bits per heavy atom. The lowest BCUT2D eigenvalue weighted by molar-refractivity contribution is -0.221. The number of hydrogen-bond acceptors (Lipinski definition) is 3. The van der Waals surface area contributed by atoms with Gasteiger partial charge >= 0.3 is 0 Å². The van der Waals surface area contributed by atoms with Gasteiger partial charge in [-0.15, -0.1) is 0 Å². The Bertz CT molecular complexity index is 656. The number of ketones is 1. The van der Waals surface area contributed by atoms with Gasteiger partial charge in [0.1, 0.15) is 11.4 Å². The summed E-state index contributed by atoms with van der Waals surface area (Å²) in [4.78, 5) is 12.1. The largest absolute Gasteiger partial charge is 0.344 e. The molecule has 0 unspecified atom stereocenters. The first-order valence-corrected chi connectivity index (χ1v) is 11.5. The predicted octanol–water partition coefficient (Wildman–Crippen LogP) is 5.51. The van der Waals surface area contributed by atoms with E-state index in [0.717, 1.165) is 37.5 Å². The molecule has 0 bridgehead atoms. The zero-order valence-electron chi connectivity index (χ0n) is 18.0. The summed E-state index contributed by atoms with van der Waals surface area (Å²) in [5, 5.41) is 0. The molecule has 0 aromatic carbocycles. The highest BCUT2D eigenvalue weighted by atomic mass is 16.8. The maximum atomic E-state index is 12.1. The van der Waals surface area contributed by atoms with Crippen LogP contribution >= 0.6 is 0 Å². The van der Waals surface area contributed by atoms with Crippen molar-refractivity contribution in [2.45, 2.75) is 110 Å². The van der Waals surface area contributed by atoms with Gasteiger partial charge in [-0.25, -0.2) is 0 Å². The standard InChI is InChI=1S/C24H38O3/c1-6-24-20(26-21(2,3)27-24)14-19-17-8-7-15-13-16(25)9-11-22(15,4)18(17)10-12-23(19,24)5/h15,17-20H,6-14H2,1-5H3/t15-,17+,18-,19-,20-,22-,23-,24-/m0/s1. The molecule has 5 aliphatic rings. The second-order valence-corrected chi connectivity index (χ2v) is 11.4. The first kappa shape index (κ1) is 18.6. The van der Waals surface area contributed by atoms with Gasteiger partial charge in [0.25, 0.3) is 0 Å². The molecular weight excluding hydrogens is 336 g/mol. The van der Waals surface area contributed by atoms with Gasteiger partial charge in [0.05, 0.1) is 6.10 Å². The Balaban J connectivity index is 1.48. The van der Waals surface area contributed by atoms with Crippen molar-refractivity contribution in [2.24, 2.45) is 34.5 Å². The lowest BCUT2D eigenvalue weighted by Crippen LogP contribution is -2.58. The second-order valence-electron chi connectivity index (χ2n) is 11.4. The van der Waals surface area contributed by atoms with Gasteiger partial charge in [0, 0.05) is 18.3 Å². The van der Waals surface area contributed by atoms with Crippen molar-refractivity contribution < 1.29 is 14.3 Å². The molecule has 0 amide bonds. The van der Waals surface area contributed by atoms with Crippen LogP contribution in [0.5, 0.6) is 0 Å². The van der Waals surface area contributed by atoms with E-state index in [1.807, 2.05) is 0 Å². The van der Waals surface area contributed by atoms with Crippen LogP contribution in [0.2, 0.25) is 0 Å². The zero-order chi connectivity index (χ0) is 19.2. The average molecular weight is 375 g/mol. The maximum absolute atomic E-state index is 12.1. The Morgan fingerprint density at radius 2 is 1.81 bits per heavy atom. The SMILES string of the molecule is CC[C@]12OC(C)(C)O[C@H]1C[C@H]1[C@@H]3CC[C@H]4CC(=O)CC[C@]4(C)[C@H]3CC[C@@]12C. The quantitative estimate of drug-likeness (QED) is 0.607. The Morgan fingerprint density at radius 1 is 1.04 bits per heavy atom. The number of fused-ring (bicyclic) bond motifs is 7. The smallest absolute Gasteiger partial charge is 0.164 e. The van der Waals surface area contributed by atoms with Crippen LogP contribution in [0.3, 0.4) is 0 Å². The van der Waals surface area contributed by atoms with Gasteiger partial charge in [0.2, 0.25) is 0 Å². The third-order valence-corrected chi connectivity index (χ3v) is 10.2. The third-order valence-electron chi connectivity index (χ3n) is 10.2. The summed E-state index contributed by atoms with van der Waals surface area (Å²) < 4.78 is 13.2. The van der Waals surface area contributed by atoms with Gasteiger partial charge in [-0.1, -0.05) is 20.8 Å². The molecule has 0 aromatic rings. The fraction of sp³-hybridized carbons (Fsp3) is 0.958. The molecular formula is C24H38O3. The van der Waals surface area contributed by atoms with Crippen LogP contribution < -0.4 is 0 Å². The van der Waals surface area contributed by atoms with Crippen molar-refractivity contribution in [2.75, 3.05) is 0 Å². The van der Waals surface area contributed by atoms with Crippen molar-refractivity contribution in [3.05, 3.63) is 0 Å². The van der Waals surface area contributed by atoms with Crippen molar-refractivity contribution in [1.82, 2.24) is 0 Å². The molecule has 0 radical (unpaired) electrons. The van der Waals surface area contributed by atoms with Gasteiger partial charge in [-0.2, -0.15) is 0 Å². The Kier molecular flexibility index (Phi) is 3.86. The van der Waals surface area contributed by atoms with Crippen molar-refractivity contribution in [3.63, 3.8) is 0 Å². The van der Waals surface area contributed by atoms with E-state index in [-0.39, 0.29) is 17.1 Å². The molecule has 3 nitrogen and oxygen atoms in total. The van der Waals surface area contributed by atoms with Crippen LogP contribution in [0.4, 0.5) is 0 Å². The van der Waals surface area contributed by atoms with Gasteiger partial charge in [-0.05, 0) is 87.9 Å². The first-order valence-electron chi connectivity index (χ1n) is 11.5. The van der Waals surface area contributed by atoms with Crippen molar-refractivity contribution in [1.29, 1.82) is 0 Å². The molecule has 4 aliphatic carbocycles. The van der Waals surface area contributed by atoms with E-state index in [4.69, 9.17) is 9.47 Å².